The molecule has 0 spiro atoms. The SMILES string of the molecule is CC=CCS(=O)(=O)[O-].CC[N+]1(C)CCCCC1. The lowest BCUT2D eigenvalue weighted by molar-refractivity contribution is -0.912. The van der Waals surface area contributed by atoms with Crippen molar-refractivity contribution < 1.29 is 17.5 Å². The van der Waals surface area contributed by atoms with Gasteiger partial charge >= 0.3 is 0 Å². The second kappa shape index (κ2) is 7.84. The monoisotopic (exact) mass is 263 g/mol. The molecule has 17 heavy (non-hydrogen) atoms. The molecule has 102 valence electrons. The normalized spacial score (nSPS) is 19.8. The minimum absolute atomic E-state index is 0.399. The van der Waals surface area contributed by atoms with Gasteiger partial charge in [-0.1, -0.05) is 12.2 Å². The Hall–Kier alpha value is -0.390. The highest BCUT2D eigenvalue weighted by molar-refractivity contribution is 7.85. The molecule has 0 aromatic rings. The maximum Gasteiger partial charge on any atom is 0.0982 e. The van der Waals surface area contributed by atoms with E-state index in [-0.39, 0.29) is 0 Å². The number of piperidine rings is 1. The van der Waals surface area contributed by atoms with E-state index >= 15 is 0 Å². The predicted octanol–water partition coefficient (Wildman–Crippen LogP) is 1.74. The maximum absolute atomic E-state index is 9.78. The summed E-state index contributed by atoms with van der Waals surface area (Å²) in [6, 6.07) is 0. The molecular weight excluding hydrogens is 238 g/mol. The molecule has 0 aliphatic carbocycles. The standard InChI is InChI=1S/C8H18N.C4H8O3S/c1-3-9(2)7-5-4-6-8-9;1-2-3-4-8(5,6)7/h3-8H2,1-2H3;2-3H,4H2,1H3,(H,5,6,7)/q+1;/p-1. The number of hydrogen-bond donors (Lipinski definition) is 0. The van der Waals surface area contributed by atoms with Crippen molar-refractivity contribution in [2.75, 3.05) is 32.4 Å². The van der Waals surface area contributed by atoms with Crippen LogP contribution in [0.2, 0.25) is 0 Å². The number of allylic oxidation sites excluding steroid dienone is 1. The zero-order valence-electron chi connectivity index (χ0n) is 11.2. The number of likely N-dealkylation sites (tertiary alicyclic amines) is 1. The summed E-state index contributed by atoms with van der Waals surface area (Å²) in [5.41, 5.74) is 0. The number of hydrogen-bond acceptors (Lipinski definition) is 3. The minimum Gasteiger partial charge on any atom is -0.748 e. The van der Waals surface area contributed by atoms with E-state index in [1.807, 2.05) is 0 Å². The second-order valence-electron chi connectivity index (χ2n) is 4.74. The van der Waals surface area contributed by atoms with Gasteiger partial charge in [0, 0.05) is 0 Å². The summed E-state index contributed by atoms with van der Waals surface area (Å²) >= 11 is 0. The molecule has 5 heteroatoms. The predicted molar refractivity (Wildman–Crippen MR) is 69.7 cm³/mol. The number of quaternary nitrogens is 1. The molecule has 0 saturated carbocycles. The van der Waals surface area contributed by atoms with E-state index in [1.54, 1.807) is 6.92 Å². The Morgan fingerprint density at radius 3 is 2.00 bits per heavy atom. The van der Waals surface area contributed by atoms with Crippen LogP contribution in [0, 0.1) is 0 Å². The highest BCUT2D eigenvalue weighted by Gasteiger charge is 2.21. The van der Waals surface area contributed by atoms with E-state index < -0.39 is 15.9 Å². The molecular formula is C12H25NO3S. The maximum atomic E-state index is 9.78. The van der Waals surface area contributed by atoms with Crippen LogP contribution in [-0.4, -0.2) is 49.9 Å². The molecule has 0 radical (unpaired) electrons. The van der Waals surface area contributed by atoms with Gasteiger partial charge in [0.1, 0.15) is 0 Å². The van der Waals surface area contributed by atoms with Gasteiger partial charge in [-0.05, 0) is 33.1 Å². The molecule has 0 unspecified atom stereocenters. The van der Waals surface area contributed by atoms with Crippen LogP contribution in [0.15, 0.2) is 12.2 Å². The molecule has 1 rings (SSSR count). The van der Waals surface area contributed by atoms with Gasteiger partial charge in [0.05, 0.1) is 42.6 Å². The third-order valence-electron chi connectivity index (χ3n) is 3.20. The molecule has 0 aromatic heterocycles. The molecule has 1 aliphatic heterocycles. The van der Waals surface area contributed by atoms with Crippen LogP contribution in [0.3, 0.4) is 0 Å². The molecule has 0 N–H and O–H groups in total. The van der Waals surface area contributed by atoms with Crippen LogP contribution >= 0.6 is 0 Å². The minimum atomic E-state index is -4.02. The first-order valence-electron chi connectivity index (χ1n) is 6.21. The quantitative estimate of drug-likeness (QED) is 0.443. The number of rotatable bonds is 3. The molecule has 1 heterocycles. The largest absolute Gasteiger partial charge is 0.748 e. The van der Waals surface area contributed by atoms with Gasteiger partial charge in [-0.15, -0.1) is 0 Å². The van der Waals surface area contributed by atoms with E-state index in [1.165, 1.54) is 55.5 Å². The lowest BCUT2D eigenvalue weighted by Gasteiger charge is -2.36. The smallest absolute Gasteiger partial charge is 0.0982 e. The van der Waals surface area contributed by atoms with E-state index in [0.29, 0.717) is 0 Å². The van der Waals surface area contributed by atoms with Crippen LogP contribution < -0.4 is 0 Å². The van der Waals surface area contributed by atoms with Crippen LogP contribution in [0.1, 0.15) is 33.1 Å². The van der Waals surface area contributed by atoms with Crippen LogP contribution in [-0.2, 0) is 10.1 Å². The fraction of sp³-hybridized carbons (Fsp3) is 0.833. The first-order chi connectivity index (χ1) is 7.83. The molecule has 0 amide bonds. The average molecular weight is 263 g/mol. The van der Waals surface area contributed by atoms with Gasteiger partial charge in [0.15, 0.2) is 0 Å². The van der Waals surface area contributed by atoms with Gasteiger partial charge in [-0.2, -0.15) is 0 Å². The van der Waals surface area contributed by atoms with Crippen LogP contribution in [0.25, 0.3) is 0 Å². The van der Waals surface area contributed by atoms with Crippen molar-refractivity contribution in [3.8, 4) is 0 Å². The van der Waals surface area contributed by atoms with E-state index in [9.17, 15) is 13.0 Å². The topological polar surface area (TPSA) is 57.2 Å². The summed E-state index contributed by atoms with van der Waals surface area (Å²) in [5.74, 6) is -0.399. The van der Waals surface area contributed by atoms with E-state index in [0.717, 1.165) is 0 Å². The van der Waals surface area contributed by atoms with Crippen molar-refractivity contribution in [3.05, 3.63) is 12.2 Å². The molecule has 1 saturated heterocycles. The number of nitrogens with zero attached hydrogens (tertiary/aromatic N) is 1. The highest BCUT2D eigenvalue weighted by atomic mass is 32.2. The lowest BCUT2D eigenvalue weighted by atomic mass is 10.1. The Labute approximate surface area is 106 Å². The van der Waals surface area contributed by atoms with Crippen molar-refractivity contribution in [2.45, 2.75) is 33.1 Å². The summed E-state index contributed by atoms with van der Waals surface area (Å²) < 4.78 is 30.7. The third kappa shape index (κ3) is 9.32. The summed E-state index contributed by atoms with van der Waals surface area (Å²) in [6.07, 6.45) is 7.19. The Kier molecular flexibility index (Phi) is 7.66. The summed E-state index contributed by atoms with van der Waals surface area (Å²) in [4.78, 5) is 0. The molecule has 0 aromatic carbocycles. The van der Waals surface area contributed by atoms with Crippen molar-refractivity contribution in [1.29, 1.82) is 0 Å². The molecule has 1 aliphatic rings. The first kappa shape index (κ1) is 16.6. The molecule has 4 nitrogen and oxygen atoms in total. The van der Waals surface area contributed by atoms with Gasteiger partial charge < -0.3 is 9.04 Å². The highest BCUT2D eigenvalue weighted by Crippen LogP contribution is 2.14. The van der Waals surface area contributed by atoms with Gasteiger partial charge in [-0.3, -0.25) is 0 Å². The van der Waals surface area contributed by atoms with Crippen LogP contribution in [0.4, 0.5) is 0 Å². The fourth-order valence-corrected chi connectivity index (χ4v) is 2.23. The van der Waals surface area contributed by atoms with Crippen LogP contribution in [0.5, 0.6) is 0 Å². The van der Waals surface area contributed by atoms with Crippen molar-refractivity contribution >= 4 is 10.1 Å². The Balaban J connectivity index is 0.000000304. The Bertz CT molecular complexity index is 317. The first-order valence-corrected chi connectivity index (χ1v) is 7.79. The molecule has 1 fully saturated rings. The lowest BCUT2D eigenvalue weighted by Crippen LogP contribution is -2.47. The summed E-state index contributed by atoms with van der Waals surface area (Å²) in [5, 5.41) is 0. The average Bonchev–Trinajstić information content (AvgIpc) is 2.27. The second-order valence-corrected chi connectivity index (χ2v) is 6.19. The van der Waals surface area contributed by atoms with E-state index in [4.69, 9.17) is 0 Å². The summed E-state index contributed by atoms with van der Waals surface area (Å²) in [6.45, 7) is 8.10. The van der Waals surface area contributed by atoms with Crippen molar-refractivity contribution in [2.24, 2.45) is 0 Å². The van der Waals surface area contributed by atoms with E-state index in [2.05, 4.69) is 14.0 Å². The Morgan fingerprint density at radius 2 is 1.76 bits per heavy atom. The molecule has 0 atom stereocenters. The van der Waals surface area contributed by atoms with Crippen molar-refractivity contribution in [3.63, 3.8) is 0 Å². The zero-order chi connectivity index (χ0) is 13.4. The van der Waals surface area contributed by atoms with Gasteiger partial charge in [-0.25, -0.2) is 8.42 Å². The third-order valence-corrected chi connectivity index (χ3v) is 3.80. The van der Waals surface area contributed by atoms with Gasteiger partial charge in [0.25, 0.3) is 0 Å². The van der Waals surface area contributed by atoms with Crippen molar-refractivity contribution in [1.82, 2.24) is 0 Å². The van der Waals surface area contributed by atoms with Gasteiger partial charge in [0.2, 0.25) is 0 Å². The Morgan fingerprint density at radius 1 is 1.24 bits per heavy atom. The zero-order valence-corrected chi connectivity index (χ0v) is 12.0. The molecule has 0 bridgehead atoms. The summed E-state index contributed by atoms with van der Waals surface area (Å²) in [7, 11) is -1.65. The fourth-order valence-electron chi connectivity index (χ4n) is 1.81.